The quantitative estimate of drug-likeness (QED) is 0.150. The maximum absolute atomic E-state index is 13.2. The van der Waals surface area contributed by atoms with Crippen LogP contribution in [0.5, 0.6) is 11.5 Å². The zero-order valence-electron chi connectivity index (χ0n) is 27.0. The maximum atomic E-state index is 13.2. The van der Waals surface area contributed by atoms with Gasteiger partial charge in [-0.05, 0) is 140 Å². The minimum absolute atomic E-state index is 0.0623. The second-order valence-electron chi connectivity index (χ2n) is 13.8. The fraction of sp³-hybridized carbons (Fsp3) is 0.519. The average molecular weight is 655 g/mol. The number of hydrogen-bond donors (Lipinski definition) is 0. The smallest absolute Gasteiger partial charge is 0.383 e. The molecule has 0 aliphatic heterocycles. The van der Waals surface area contributed by atoms with Gasteiger partial charge in [-0.25, -0.2) is 0 Å². The summed E-state index contributed by atoms with van der Waals surface area (Å²) in [5.41, 5.74) is 1.18. The molecule has 0 saturated heterocycles. The fourth-order valence-corrected chi connectivity index (χ4v) is 28.9. The summed E-state index contributed by atoms with van der Waals surface area (Å²) in [6.07, 6.45) is 0. The maximum Gasteiger partial charge on any atom is 0.383 e. The molecule has 0 radical (unpaired) electrons. The first-order valence-corrected chi connectivity index (χ1v) is 31.9. The van der Waals surface area contributed by atoms with Crippen LogP contribution in [-0.4, -0.2) is 56.7 Å². The summed E-state index contributed by atoms with van der Waals surface area (Å²) in [4.78, 5) is 13.2. The first kappa shape index (κ1) is 35.0. The minimum Gasteiger partial charge on any atom is -0.521 e. The minimum atomic E-state index is -2.49. The number of carbonyl (C=O) groups is 1. The van der Waals surface area contributed by atoms with Crippen LogP contribution >= 0.6 is 0 Å². The van der Waals surface area contributed by atoms with Crippen LogP contribution in [0.2, 0.25) is 91.7 Å². The molecule has 13 heteroatoms. The van der Waals surface area contributed by atoms with Gasteiger partial charge in [0.15, 0.2) is 22.4 Å². The van der Waals surface area contributed by atoms with Gasteiger partial charge in [-0.2, -0.15) is 0 Å². The van der Waals surface area contributed by atoms with E-state index in [9.17, 15) is 4.79 Å². The van der Waals surface area contributed by atoms with E-state index in [2.05, 4.69) is 65.5 Å². The first-order chi connectivity index (χ1) is 17.9. The molecule has 224 valence electrons. The Labute approximate surface area is 248 Å². The third-order valence-electron chi connectivity index (χ3n) is 5.05. The van der Waals surface area contributed by atoms with Gasteiger partial charge in [0.2, 0.25) is 0 Å². The monoisotopic (exact) mass is 654 g/mol. The van der Waals surface area contributed by atoms with Crippen molar-refractivity contribution in [1.82, 2.24) is 0 Å². The molecule has 0 unspecified atom stereocenters. The average Bonchev–Trinajstić information content (AvgIpc) is 2.68. The predicted molar refractivity (Wildman–Crippen MR) is 179 cm³/mol. The van der Waals surface area contributed by atoms with E-state index >= 15 is 0 Å². The largest absolute Gasteiger partial charge is 0.521 e. The summed E-state index contributed by atoms with van der Waals surface area (Å²) in [5.74, 6) is 1.31. The molecule has 0 aliphatic rings. The van der Waals surface area contributed by atoms with Crippen LogP contribution in [0.25, 0.3) is 0 Å². The molecule has 2 aromatic rings. The molecule has 0 heterocycles. The molecule has 0 aliphatic carbocycles. The van der Waals surface area contributed by atoms with Crippen molar-refractivity contribution < 1.29 is 30.1 Å². The lowest BCUT2D eigenvalue weighted by molar-refractivity contribution is 0.103. The summed E-state index contributed by atoms with van der Waals surface area (Å²) in [5, 5.41) is 0. The van der Waals surface area contributed by atoms with Crippen molar-refractivity contribution in [3.63, 3.8) is 0 Å². The molecule has 2 aromatic carbocycles. The number of rotatable bonds is 14. The Morgan fingerprint density at radius 2 is 0.700 bits per heavy atom. The molecule has 0 atom stereocenters. The van der Waals surface area contributed by atoms with Crippen LogP contribution in [0.15, 0.2) is 48.5 Å². The third-order valence-corrected chi connectivity index (χ3v) is 23.2. The van der Waals surface area contributed by atoms with Crippen molar-refractivity contribution in [3.05, 3.63) is 59.7 Å². The van der Waals surface area contributed by atoms with Gasteiger partial charge in [0.1, 0.15) is 11.5 Å². The molecule has 40 heavy (non-hydrogen) atoms. The van der Waals surface area contributed by atoms with E-state index in [4.69, 9.17) is 25.3 Å². The van der Waals surface area contributed by atoms with Crippen LogP contribution in [0.1, 0.15) is 15.9 Å². The zero-order chi connectivity index (χ0) is 30.8. The Balaban J connectivity index is 2.04. The van der Waals surface area contributed by atoms with Gasteiger partial charge in [-0.15, -0.1) is 0 Å². The van der Waals surface area contributed by atoms with Gasteiger partial charge >= 0.3 is 34.2 Å². The SMILES string of the molecule is C[Si](C)(C)O[Si](C)(C)O[Si](C)(C)Oc1ccc(C(=O)c2ccc(O[Si](C)(C)O[Si](C)(C)O[Si](C)(C)C)cc2)cc1. The van der Waals surface area contributed by atoms with Crippen LogP contribution in [0, 0.1) is 0 Å². The highest BCUT2D eigenvalue weighted by atomic mass is 28.5. The molecule has 0 aromatic heterocycles. The highest BCUT2D eigenvalue weighted by molar-refractivity contribution is 6.86. The highest BCUT2D eigenvalue weighted by Crippen LogP contribution is 2.26. The van der Waals surface area contributed by atoms with Crippen molar-refractivity contribution in [1.29, 1.82) is 0 Å². The standard InChI is InChI=1S/C27H50O7Si6/c1-35(2,3)31-39(11,12)33-37(7,8)29-25-19-15-23(16-20-25)27(28)24-17-21-26(22-18-24)30-38(9,10)34-40(13,14)32-36(4,5)6/h15-22H,1-14H3. The molecule has 0 amide bonds. The molecular weight excluding hydrogens is 605 g/mol. The number of carbonyl (C=O) groups excluding carboxylic acids is 1. The number of ketones is 1. The van der Waals surface area contributed by atoms with Crippen molar-refractivity contribution in [2.75, 3.05) is 0 Å². The van der Waals surface area contributed by atoms with Crippen LogP contribution in [0.3, 0.4) is 0 Å². The summed E-state index contributed by atoms with van der Waals surface area (Å²) < 4.78 is 38.0. The summed E-state index contributed by atoms with van der Waals surface area (Å²) in [7, 11) is -13.1. The van der Waals surface area contributed by atoms with Crippen LogP contribution in [-0.2, 0) is 16.5 Å². The Morgan fingerprint density at radius 3 is 0.950 bits per heavy atom. The zero-order valence-corrected chi connectivity index (χ0v) is 33.0. The highest BCUT2D eigenvalue weighted by Gasteiger charge is 2.41. The van der Waals surface area contributed by atoms with E-state index in [0.717, 1.165) is 0 Å². The van der Waals surface area contributed by atoms with Gasteiger partial charge in [-0.3, -0.25) is 4.79 Å². The summed E-state index contributed by atoms with van der Waals surface area (Å²) >= 11 is 0. The Bertz CT molecular complexity index is 1050. The van der Waals surface area contributed by atoms with E-state index < -0.39 is 50.9 Å². The third kappa shape index (κ3) is 12.8. The normalized spacial score (nSPS) is 13.8. The van der Waals surface area contributed by atoms with Gasteiger partial charge in [0, 0.05) is 11.1 Å². The Morgan fingerprint density at radius 1 is 0.425 bits per heavy atom. The van der Waals surface area contributed by atoms with Gasteiger partial charge < -0.3 is 25.3 Å². The summed E-state index contributed by atoms with van der Waals surface area (Å²) in [6, 6.07) is 14.5. The molecule has 7 nitrogen and oxygen atoms in total. The van der Waals surface area contributed by atoms with Crippen LogP contribution in [0.4, 0.5) is 0 Å². The predicted octanol–water partition coefficient (Wildman–Crippen LogP) is 8.22. The topological polar surface area (TPSA) is 72.5 Å². The molecule has 0 N–H and O–H groups in total. The summed E-state index contributed by atoms with van der Waals surface area (Å²) in [6.45, 7) is 29.4. The van der Waals surface area contributed by atoms with E-state index in [1.165, 1.54) is 0 Å². The second-order valence-corrected chi connectivity index (χ2v) is 37.1. The van der Waals surface area contributed by atoms with Gasteiger partial charge in [0.25, 0.3) is 0 Å². The van der Waals surface area contributed by atoms with E-state index in [0.29, 0.717) is 22.6 Å². The first-order valence-electron chi connectivity index (χ1n) is 13.8. The fourth-order valence-electron chi connectivity index (χ4n) is 4.82. The van der Waals surface area contributed by atoms with E-state index in [1.54, 1.807) is 24.3 Å². The molecule has 0 bridgehead atoms. The van der Waals surface area contributed by atoms with Crippen LogP contribution < -0.4 is 8.85 Å². The lowest BCUT2D eigenvalue weighted by Gasteiger charge is -2.36. The van der Waals surface area contributed by atoms with Crippen molar-refractivity contribution in [2.24, 2.45) is 0 Å². The lowest BCUT2D eigenvalue weighted by Crippen LogP contribution is -2.54. The number of hydrogen-bond acceptors (Lipinski definition) is 7. The molecular formula is C27H50O7Si6. The van der Waals surface area contributed by atoms with Crippen molar-refractivity contribution in [2.45, 2.75) is 91.7 Å². The molecule has 0 fully saturated rings. The Kier molecular flexibility index (Phi) is 11.0. The van der Waals surface area contributed by atoms with Crippen molar-refractivity contribution >= 4 is 56.7 Å². The molecule has 0 saturated carbocycles. The second kappa shape index (κ2) is 12.6. The van der Waals surface area contributed by atoms with Gasteiger partial charge in [-0.1, -0.05) is 0 Å². The lowest BCUT2D eigenvalue weighted by atomic mass is 10.0. The molecule has 0 spiro atoms. The number of benzene rings is 2. The molecule has 2 rings (SSSR count). The van der Waals surface area contributed by atoms with E-state index in [-0.39, 0.29) is 5.78 Å². The Hall–Kier alpha value is -1.15. The van der Waals surface area contributed by atoms with Crippen molar-refractivity contribution in [3.8, 4) is 11.5 Å². The van der Waals surface area contributed by atoms with E-state index in [1.807, 2.05) is 50.5 Å². The van der Waals surface area contributed by atoms with Gasteiger partial charge in [0.05, 0.1) is 0 Å².